The van der Waals surface area contributed by atoms with Gasteiger partial charge >= 0.3 is 6.18 Å². The van der Waals surface area contributed by atoms with Crippen LogP contribution in [0.1, 0.15) is 24.1 Å². The van der Waals surface area contributed by atoms with Gasteiger partial charge in [-0.3, -0.25) is 9.20 Å². The minimum atomic E-state index is -4.46. The summed E-state index contributed by atoms with van der Waals surface area (Å²) in [5.74, 6) is -0.106. The number of pyridine rings is 1. The van der Waals surface area contributed by atoms with Crippen LogP contribution >= 0.6 is 11.8 Å². The van der Waals surface area contributed by atoms with Crippen molar-refractivity contribution in [1.29, 1.82) is 0 Å². The molecule has 3 rings (SSSR count). The van der Waals surface area contributed by atoms with Crippen molar-refractivity contribution in [3.63, 3.8) is 0 Å². The first-order valence-electron chi connectivity index (χ1n) is 8.13. The van der Waals surface area contributed by atoms with Gasteiger partial charge in [-0.15, -0.1) is 10.2 Å². The fourth-order valence-corrected chi connectivity index (χ4v) is 3.38. The molecule has 0 saturated heterocycles. The van der Waals surface area contributed by atoms with Crippen molar-refractivity contribution in [3.8, 4) is 0 Å². The summed E-state index contributed by atoms with van der Waals surface area (Å²) in [4.78, 5) is 14.1. The number of halogens is 3. The molecule has 1 aromatic carbocycles. The van der Waals surface area contributed by atoms with E-state index in [0.717, 1.165) is 29.6 Å². The number of fused-ring (bicyclic) bond motifs is 1. The molecule has 0 aliphatic rings. The van der Waals surface area contributed by atoms with Gasteiger partial charge in [0.05, 0.1) is 17.4 Å². The lowest BCUT2D eigenvalue weighted by molar-refractivity contribution is -0.138. The van der Waals surface area contributed by atoms with Gasteiger partial charge in [0.25, 0.3) is 0 Å². The molecule has 0 aliphatic carbocycles. The normalized spacial score (nSPS) is 12.9. The number of nitrogens with zero attached hydrogens (tertiary/aromatic N) is 4. The third-order valence-electron chi connectivity index (χ3n) is 4.28. The molecule has 0 fully saturated rings. The minimum Gasteiger partial charge on any atom is -0.338 e. The summed E-state index contributed by atoms with van der Waals surface area (Å²) in [5, 5.41) is 7.98. The summed E-state index contributed by atoms with van der Waals surface area (Å²) >= 11 is 1.06. The Bertz CT molecular complexity index is 943. The highest BCUT2D eigenvalue weighted by Crippen LogP contribution is 2.30. The predicted molar refractivity (Wildman–Crippen MR) is 96.3 cm³/mol. The topological polar surface area (TPSA) is 50.5 Å². The van der Waals surface area contributed by atoms with Crippen molar-refractivity contribution < 1.29 is 18.0 Å². The first-order chi connectivity index (χ1) is 12.8. The highest BCUT2D eigenvalue weighted by Gasteiger charge is 2.31. The van der Waals surface area contributed by atoms with Crippen molar-refractivity contribution in [1.82, 2.24) is 19.5 Å². The summed E-state index contributed by atoms with van der Waals surface area (Å²) in [5.41, 5.74) is 0.503. The molecule has 0 N–H and O–H groups in total. The van der Waals surface area contributed by atoms with Gasteiger partial charge in [-0.1, -0.05) is 42.1 Å². The molecular formula is C18H17F3N4OS. The van der Waals surface area contributed by atoms with Crippen LogP contribution in [0.2, 0.25) is 0 Å². The van der Waals surface area contributed by atoms with E-state index >= 15 is 0 Å². The molecule has 0 saturated carbocycles. The van der Waals surface area contributed by atoms with Crippen LogP contribution in [0.15, 0.2) is 53.8 Å². The van der Waals surface area contributed by atoms with Crippen LogP contribution in [0.25, 0.3) is 5.65 Å². The number of benzene rings is 1. The van der Waals surface area contributed by atoms with E-state index in [2.05, 4.69) is 10.2 Å². The van der Waals surface area contributed by atoms with Crippen LogP contribution < -0.4 is 0 Å². The third-order valence-corrected chi connectivity index (χ3v) is 5.21. The van der Waals surface area contributed by atoms with E-state index in [1.54, 1.807) is 11.9 Å². The largest absolute Gasteiger partial charge is 0.417 e. The molecule has 142 valence electrons. The van der Waals surface area contributed by atoms with Gasteiger partial charge in [-0.2, -0.15) is 13.2 Å². The molecule has 2 heterocycles. The zero-order valence-corrected chi connectivity index (χ0v) is 15.5. The van der Waals surface area contributed by atoms with E-state index in [-0.39, 0.29) is 22.9 Å². The number of carbonyl (C=O) groups is 1. The molecular weight excluding hydrogens is 377 g/mol. The number of rotatable bonds is 5. The zero-order chi connectivity index (χ0) is 19.6. The molecule has 1 atom stereocenters. The van der Waals surface area contributed by atoms with E-state index in [0.29, 0.717) is 5.65 Å². The standard InChI is InChI=1S/C18H17F3N4OS/c1-12(13-6-4-3-5-7-13)24(2)16(26)11-27-17-23-22-15-9-8-14(10-25(15)17)18(19,20)21/h3-10,12H,11H2,1-2H3. The predicted octanol–water partition coefficient (Wildman–Crippen LogP) is 4.06. The first-order valence-corrected chi connectivity index (χ1v) is 9.11. The average Bonchev–Trinajstić information content (AvgIpc) is 3.07. The Morgan fingerprint density at radius 1 is 1.19 bits per heavy atom. The second-order valence-corrected chi connectivity index (χ2v) is 6.95. The summed E-state index contributed by atoms with van der Waals surface area (Å²) in [6.45, 7) is 1.92. The number of carbonyl (C=O) groups excluding carboxylic acids is 1. The second-order valence-electron chi connectivity index (χ2n) is 6.01. The minimum absolute atomic E-state index is 0.0463. The van der Waals surface area contributed by atoms with Crippen molar-refractivity contribution in [2.75, 3.05) is 12.8 Å². The summed E-state index contributed by atoms with van der Waals surface area (Å²) < 4.78 is 40.0. The van der Waals surface area contributed by atoms with Crippen LogP contribution in [0.4, 0.5) is 13.2 Å². The Kier molecular flexibility index (Phi) is 5.41. The molecule has 5 nitrogen and oxygen atoms in total. The molecule has 0 bridgehead atoms. The van der Waals surface area contributed by atoms with Crippen molar-refractivity contribution in [3.05, 3.63) is 59.8 Å². The van der Waals surface area contributed by atoms with Crippen LogP contribution in [0.3, 0.4) is 0 Å². The Labute approximate surface area is 158 Å². The summed E-state index contributed by atoms with van der Waals surface area (Å²) in [7, 11) is 1.70. The molecule has 0 radical (unpaired) electrons. The Hall–Kier alpha value is -2.55. The highest BCUT2D eigenvalue weighted by atomic mass is 32.2. The maximum Gasteiger partial charge on any atom is 0.417 e. The van der Waals surface area contributed by atoms with Crippen LogP contribution in [0.5, 0.6) is 0 Å². The van der Waals surface area contributed by atoms with Crippen molar-refractivity contribution in [2.24, 2.45) is 0 Å². The van der Waals surface area contributed by atoms with E-state index in [1.165, 1.54) is 10.5 Å². The SMILES string of the molecule is CC(c1ccccc1)N(C)C(=O)CSc1nnc2ccc(C(F)(F)F)cn12. The second kappa shape index (κ2) is 7.59. The summed E-state index contributed by atoms with van der Waals surface area (Å²) in [6.07, 6.45) is -3.51. The maximum absolute atomic E-state index is 12.9. The lowest BCUT2D eigenvalue weighted by Gasteiger charge is -2.25. The monoisotopic (exact) mass is 394 g/mol. The highest BCUT2D eigenvalue weighted by molar-refractivity contribution is 7.99. The van der Waals surface area contributed by atoms with Gasteiger partial charge in [0.15, 0.2) is 10.8 Å². The van der Waals surface area contributed by atoms with Crippen LogP contribution in [-0.2, 0) is 11.0 Å². The molecule has 1 unspecified atom stereocenters. The van der Waals surface area contributed by atoms with Gasteiger partial charge in [0.2, 0.25) is 5.91 Å². The number of alkyl halides is 3. The lowest BCUT2D eigenvalue weighted by atomic mass is 10.1. The van der Waals surface area contributed by atoms with Crippen LogP contribution in [0, 0.1) is 0 Å². The van der Waals surface area contributed by atoms with Crippen molar-refractivity contribution >= 4 is 23.3 Å². The molecule has 2 aromatic heterocycles. The smallest absolute Gasteiger partial charge is 0.338 e. The third kappa shape index (κ3) is 4.24. The fraction of sp³-hybridized carbons (Fsp3) is 0.278. The zero-order valence-electron chi connectivity index (χ0n) is 14.6. The van der Waals surface area contributed by atoms with Gasteiger partial charge in [-0.05, 0) is 24.6 Å². The fourth-order valence-electron chi connectivity index (χ4n) is 2.54. The molecule has 27 heavy (non-hydrogen) atoms. The molecule has 3 aromatic rings. The first kappa shape index (κ1) is 19.2. The van der Waals surface area contributed by atoms with E-state index in [4.69, 9.17) is 0 Å². The van der Waals surface area contributed by atoms with E-state index < -0.39 is 11.7 Å². The number of amides is 1. The number of hydrogen-bond donors (Lipinski definition) is 0. The number of thioether (sulfide) groups is 1. The maximum atomic E-state index is 12.9. The molecule has 9 heteroatoms. The lowest BCUT2D eigenvalue weighted by Crippen LogP contribution is -2.31. The Morgan fingerprint density at radius 3 is 2.56 bits per heavy atom. The van der Waals surface area contributed by atoms with Crippen molar-refractivity contribution in [2.45, 2.75) is 24.3 Å². The average molecular weight is 394 g/mol. The molecule has 0 spiro atoms. The number of hydrogen-bond acceptors (Lipinski definition) is 4. The number of aromatic nitrogens is 3. The van der Waals surface area contributed by atoms with Gasteiger partial charge in [0, 0.05) is 13.2 Å². The van der Waals surface area contributed by atoms with E-state index in [1.807, 2.05) is 37.3 Å². The molecule has 1 amide bonds. The van der Waals surface area contributed by atoms with Gasteiger partial charge < -0.3 is 4.90 Å². The Balaban J connectivity index is 1.71. The quantitative estimate of drug-likeness (QED) is 0.613. The van der Waals surface area contributed by atoms with Crippen LogP contribution in [-0.4, -0.2) is 38.2 Å². The Morgan fingerprint density at radius 2 is 1.89 bits per heavy atom. The van der Waals surface area contributed by atoms with Gasteiger partial charge in [0.1, 0.15) is 0 Å². The molecule has 0 aliphatic heterocycles. The van der Waals surface area contributed by atoms with Gasteiger partial charge in [-0.25, -0.2) is 0 Å². The summed E-state index contributed by atoms with van der Waals surface area (Å²) in [6, 6.07) is 11.7. The van der Waals surface area contributed by atoms with E-state index in [9.17, 15) is 18.0 Å².